The Labute approximate surface area is 206 Å². The molecule has 1 saturated carbocycles. The van der Waals surface area contributed by atoms with Gasteiger partial charge >= 0.3 is 0 Å². The van der Waals surface area contributed by atoms with Crippen molar-refractivity contribution in [2.45, 2.75) is 63.2 Å². The van der Waals surface area contributed by atoms with Crippen molar-refractivity contribution in [3.63, 3.8) is 0 Å². The molecule has 2 bridgehead atoms. The van der Waals surface area contributed by atoms with E-state index in [1.807, 2.05) is 6.07 Å². The van der Waals surface area contributed by atoms with E-state index in [-0.39, 0.29) is 42.0 Å². The van der Waals surface area contributed by atoms with Crippen LogP contribution in [0.5, 0.6) is 0 Å². The largest absolute Gasteiger partial charge is 0.396 e. The molecule has 3 aromatic heterocycles. The van der Waals surface area contributed by atoms with Gasteiger partial charge in [0.2, 0.25) is 0 Å². The van der Waals surface area contributed by atoms with Crippen molar-refractivity contribution in [3.05, 3.63) is 35.9 Å². The standard InChI is InChI=1S/C24H29F2N7O3/c25-22(26)21-19(12-33(30-21)15-3-1-14(13-34)2-4-15)28-24(35)18-9-27-32-8-7-20(29-23(18)32)31-10-16-5-6-17(11-31)36-16/h7-9,12,14-17,22,34H,1-6,10-11,13H2,(H,28,35)/t14?,15?,16-,17+. The molecular weight excluding hydrogens is 472 g/mol. The molecule has 2 saturated heterocycles. The van der Waals surface area contributed by atoms with Crippen molar-refractivity contribution in [3.8, 4) is 0 Å². The van der Waals surface area contributed by atoms with E-state index in [9.17, 15) is 18.7 Å². The molecule has 6 rings (SSSR count). The van der Waals surface area contributed by atoms with Gasteiger partial charge in [0, 0.05) is 32.1 Å². The molecule has 2 aliphatic heterocycles. The molecule has 2 N–H and O–H groups in total. The smallest absolute Gasteiger partial charge is 0.284 e. The summed E-state index contributed by atoms with van der Waals surface area (Å²) in [7, 11) is 0. The van der Waals surface area contributed by atoms with Gasteiger partial charge in [-0.1, -0.05) is 0 Å². The molecule has 10 nitrogen and oxygen atoms in total. The van der Waals surface area contributed by atoms with Gasteiger partial charge in [0.15, 0.2) is 11.3 Å². The van der Waals surface area contributed by atoms with E-state index < -0.39 is 18.0 Å². The van der Waals surface area contributed by atoms with Gasteiger partial charge in [0.25, 0.3) is 12.3 Å². The fourth-order valence-corrected chi connectivity index (χ4v) is 5.63. The molecular formula is C24H29F2N7O3. The first-order valence-corrected chi connectivity index (χ1v) is 12.5. The second-order valence-electron chi connectivity index (χ2n) is 9.99. The molecule has 192 valence electrons. The maximum absolute atomic E-state index is 13.8. The number of aliphatic hydroxyl groups is 1. The third kappa shape index (κ3) is 4.32. The average Bonchev–Trinajstić information content (AvgIpc) is 3.60. The zero-order valence-corrected chi connectivity index (χ0v) is 19.8. The number of hydrogen-bond donors (Lipinski definition) is 2. The zero-order chi connectivity index (χ0) is 24.8. The van der Waals surface area contributed by atoms with E-state index in [2.05, 4.69) is 20.4 Å². The number of amides is 1. The molecule has 0 aromatic carbocycles. The number of carbonyl (C=O) groups excluding carboxylic acids is 1. The fraction of sp³-hybridized carbons (Fsp3) is 0.583. The van der Waals surface area contributed by atoms with Gasteiger partial charge in [-0.05, 0) is 50.5 Å². The van der Waals surface area contributed by atoms with Crippen LogP contribution in [-0.2, 0) is 4.74 Å². The summed E-state index contributed by atoms with van der Waals surface area (Å²) in [4.78, 5) is 20.0. The molecule has 0 unspecified atom stereocenters. The minimum atomic E-state index is -2.83. The Morgan fingerprint density at radius 2 is 1.92 bits per heavy atom. The summed E-state index contributed by atoms with van der Waals surface area (Å²) in [5, 5.41) is 20.3. The molecule has 5 heterocycles. The lowest BCUT2D eigenvalue weighted by Gasteiger charge is -2.32. The summed E-state index contributed by atoms with van der Waals surface area (Å²) in [6.07, 6.45) is 7.36. The fourth-order valence-electron chi connectivity index (χ4n) is 5.63. The van der Waals surface area contributed by atoms with E-state index in [1.54, 1.807) is 6.20 Å². The Morgan fingerprint density at radius 1 is 1.17 bits per heavy atom. The molecule has 0 spiro atoms. The Balaban J connectivity index is 1.23. The summed E-state index contributed by atoms with van der Waals surface area (Å²) in [5.74, 6) is 0.408. The van der Waals surface area contributed by atoms with Crippen LogP contribution in [0.15, 0.2) is 24.7 Å². The van der Waals surface area contributed by atoms with Gasteiger partial charge in [-0.15, -0.1) is 0 Å². The predicted molar refractivity (Wildman–Crippen MR) is 126 cm³/mol. The number of hydrogen-bond acceptors (Lipinski definition) is 7. The van der Waals surface area contributed by atoms with Gasteiger partial charge in [-0.3, -0.25) is 9.48 Å². The number of halogens is 2. The molecule has 1 amide bonds. The summed E-state index contributed by atoms with van der Waals surface area (Å²) < 4.78 is 36.5. The molecule has 2 atom stereocenters. The topological polar surface area (TPSA) is 110 Å². The van der Waals surface area contributed by atoms with Crippen molar-refractivity contribution in [1.82, 2.24) is 24.4 Å². The zero-order valence-electron chi connectivity index (χ0n) is 19.8. The van der Waals surface area contributed by atoms with Gasteiger partial charge in [0.1, 0.15) is 11.4 Å². The number of ether oxygens (including phenoxy) is 1. The minimum Gasteiger partial charge on any atom is -0.396 e. The Bertz CT molecular complexity index is 1240. The second-order valence-corrected chi connectivity index (χ2v) is 9.99. The van der Waals surface area contributed by atoms with Crippen molar-refractivity contribution in [1.29, 1.82) is 0 Å². The molecule has 36 heavy (non-hydrogen) atoms. The number of morpholine rings is 1. The first-order chi connectivity index (χ1) is 17.5. The van der Waals surface area contributed by atoms with Crippen LogP contribution < -0.4 is 10.2 Å². The summed E-state index contributed by atoms with van der Waals surface area (Å²) in [5.41, 5.74) is 0.0859. The molecule has 12 heteroatoms. The van der Waals surface area contributed by atoms with Crippen LogP contribution in [0.25, 0.3) is 5.65 Å². The number of anilines is 2. The second kappa shape index (κ2) is 9.40. The van der Waals surface area contributed by atoms with E-state index in [1.165, 1.54) is 21.6 Å². The number of rotatable bonds is 6. The average molecular weight is 502 g/mol. The van der Waals surface area contributed by atoms with Crippen molar-refractivity contribution in [2.75, 3.05) is 29.9 Å². The highest BCUT2D eigenvalue weighted by Gasteiger charge is 2.34. The van der Waals surface area contributed by atoms with Gasteiger partial charge < -0.3 is 20.1 Å². The maximum atomic E-state index is 13.8. The first-order valence-electron chi connectivity index (χ1n) is 12.5. The lowest BCUT2D eigenvalue weighted by Crippen LogP contribution is -2.43. The Hall–Kier alpha value is -3.12. The van der Waals surface area contributed by atoms with Gasteiger partial charge in [0.05, 0.1) is 30.1 Å². The number of nitrogens with zero attached hydrogens (tertiary/aromatic N) is 6. The number of alkyl halides is 2. The SMILES string of the molecule is O=C(Nc1cn(C2CCC(CO)CC2)nc1C(F)F)c1cnn2ccc(N3C[C@H]4CC[C@@H](C3)O4)nc12. The number of fused-ring (bicyclic) bond motifs is 3. The van der Waals surface area contributed by atoms with Gasteiger partial charge in [-0.2, -0.15) is 10.2 Å². The number of nitrogens with one attached hydrogen (secondary N) is 1. The Morgan fingerprint density at radius 3 is 2.61 bits per heavy atom. The van der Waals surface area contributed by atoms with E-state index in [0.717, 1.165) is 57.4 Å². The van der Waals surface area contributed by atoms with Crippen molar-refractivity contribution < 1.29 is 23.4 Å². The normalized spacial score (nSPS) is 26.2. The first kappa shape index (κ1) is 23.3. The predicted octanol–water partition coefficient (Wildman–Crippen LogP) is 3.21. The lowest BCUT2D eigenvalue weighted by molar-refractivity contribution is 0.0302. The quantitative estimate of drug-likeness (QED) is 0.534. The molecule has 0 radical (unpaired) electrons. The van der Waals surface area contributed by atoms with Crippen LogP contribution in [0.2, 0.25) is 0 Å². The van der Waals surface area contributed by atoms with Crippen LogP contribution in [0.3, 0.4) is 0 Å². The van der Waals surface area contributed by atoms with Crippen molar-refractivity contribution >= 4 is 23.1 Å². The molecule has 1 aliphatic carbocycles. The van der Waals surface area contributed by atoms with E-state index in [0.29, 0.717) is 5.65 Å². The monoisotopic (exact) mass is 501 g/mol. The van der Waals surface area contributed by atoms with Gasteiger partial charge in [-0.25, -0.2) is 18.3 Å². The number of aliphatic hydroxyl groups excluding tert-OH is 1. The van der Waals surface area contributed by atoms with E-state index >= 15 is 0 Å². The highest BCUT2D eigenvalue weighted by Crippen LogP contribution is 2.35. The van der Waals surface area contributed by atoms with Crippen LogP contribution in [0, 0.1) is 5.92 Å². The minimum absolute atomic E-state index is 0.0143. The van der Waals surface area contributed by atoms with Crippen molar-refractivity contribution in [2.24, 2.45) is 5.92 Å². The Kier molecular flexibility index (Phi) is 6.08. The highest BCUT2D eigenvalue weighted by atomic mass is 19.3. The number of carbonyl (C=O) groups is 1. The molecule has 3 aromatic rings. The number of aromatic nitrogens is 5. The molecule has 3 aliphatic rings. The summed E-state index contributed by atoms with van der Waals surface area (Å²) >= 11 is 0. The highest BCUT2D eigenvalue weighted by molar-refractivity contribution is 6.08. The maximum Gasteiger partial charge on any atom is 0.284 e. The third-order valence-electron chi connectivity index (χ3n) is 7.63. The van der Waals surface area contributed by atoms with Crippen LogP contribution >= 0.6 is 0 Å². The third-order valence-corrected chi connectivity index (χ3v) is 7.63. The lowest BCUT2D eigenvalue weighted by atomic mass is 9.87. The van der Waals surface area contributed by atoms with E-state index in [4.69, 9.17) is 9.72 Å². The van der Waals surface area contributed by atoms with Crippen LogP contribution in [0.4, 0.5) is 20.3 Å². The summed E-state index contributed by atoms with van der Waals surface area (Å²) in [6.45, 7) is 1.62. The molecule has 3 fully saturated rings. The van der Waals surface area contributed by atoms with Crippen LogP contribution in [-0.4, -0.2) is 67.3 Å². The van der Waals surface area contributed by atoms with Crippen LogP contribution in [0.1, 0.15) is 67.0 Å². The summed E-state index contributed by atoms with van der Waals surface area (Å²) in [6, 6.07) is 1.82.